The fourth-order valence-corrected chi connectivity index (χ4v) is 2.69. The molecule has 17 heavy (non-hydrogen) atoms. The summed E-state index contributed by atoms with van der Waals surface area (Å²) in [7, 11) is 0. The molecule has 1 heterocycles. The van der Waals surface area contributed by atoms with Crippen LogP contribution < -0.4 is 5.73 Å². The van der Waals surface area contributed by atoms with E-state index in [1.807, 2.05) is 0 Å². The van der Waals surface area contributed by atoms with Gasteiger partial charge in [0.25, 0.3) is 5.89 Å². The number of hydrogen-bond donors (Lipinski definition) is 1. The lowest BCUT2D eigenvalue weighted by molar-refractivity contribution is 0.229. The Kier molecular flexibility index (Phi) is 2.54. The minimum absolute atomic E-state index is 0.317. The monoisotopic (exact) mass is 233 g/mol. The zero-order chi connectivity index (χ0) is 11.9. The van der Waals surface area contributed by atoms with Gasteiger partial charge >= 0.3 is 0 Å². The molecule has 2 aliphatic rings. The van der Waals surface area contributed by atoms with Crippen LogP contribution in [0.3, 0.4) is 0 Å². The van der Waals surface area contributed by atoms with E-state index in [-0.39, 0.29) is 5.54 Å². The maximum Gasteiger partial charge on any atom is 0.253 e. The van der Waals surface area contributed by atoms with Crippen LogP contribution in [0.1, 0.15) is 63.6 Å². The third-order valence-corrected chi connectivity index (χ3v) is 4.18. The van der Waals surface area contributed by atoms with E-state index in [9.17, 15) is 0 Å². The lowest BCUT2D eigenvalue weighted by Crippen LogP contribution is -2.44. The van der Waals surface area contributed by atoms with E-state index in [1.54, 1.807) is 0 Å². The average Bonchev–Trinajstić information content (AvgIpc) is 2.95. The molecule has 1 aromatic heterocycles. The van der Waals surface area contributed by atoms with Gasteiger partial charge in [0.15, 0.2) is 5.82 Å². The highest BCUT2D eigenvalue weighted by Crippen LogP contribution is 2.38. The van der Waals surface area contributed by atoms with Crippen LogP contribution in [0.4, 0.5) is 0 Å². The predicted octanol–water partition coefficient (Wildman–Crippen LogP) is 2.76. The molecule has 2 N–H and O–H groups in total. The van der Waals surface area contributed by atoms with Crippen molar-refractivity contribution in [2.45, 2.75) is 57.4 Å². The van der Waals surface area contributed by atoms with E-state index in [0.717, 1.165) is 12.8 Å². The second-order valence-electron chi connectivity index (χ2n) is 5.37. The second kappa shape index (κ2) is 3.95. The van der Waals surface area contributed by atoms with Gasteiger partial charge in [0.05, 0.1) is 5.54 Å². The van der Waals surface area contributed by atoms with Gasteiger partial charge in [-0.15, -0.1) is 0 Å². The van der Waals surface area contributed by atoms with Crippen LogP contribution in [-0.4, -0.2) is 10.1 Å². The SMILES string of the molecule is CC(=C1CCCC1)c1nc(C2(N)CCC2)no1. The molecule has 2 aliphatic carbocycles. The molecular formula is C13H19N3O. The maximum absolute atomic E-state index is 6.19. The van der Waals surface area contributed by atoms with Crippen molar-refractivity contribution in [3.05, 3.63) is 17.3 Å². The van der Waals surface area contributed by atoms with Crippen molar-refractivity contribution in [1.29, 1.82) is 0 Å². The first-order chi connectivity index (χ1) is 8.19. The van der Waals surface area contributed by atoms with Crippen molar-refractivity contribution in [2.75, 3.05) is 0 Å². The Labute approximate surface area is 101 Å². The van der Waals surface area contributed by atoms with Gasteiger partial charge in [-0.3, -0.25) is 0 Å². The largest absolute Gasteiger partial charge is 0.334 e. The van der Waals surface area contributed by atoms with Crippen molar-refractivity contribution in [3.63, 3.8) is 0 Å². The molecular weight excluding hydrogens is 214 g/mol. The van der Waals surface area contributed by atoms with Gasteiger partial charge in [0, 0.05) is 5.57 Å². The Bertz CT molecular complexity index is 449. The van der Waals surface area contributed by atoms with Crippen molar-refractivity contribution in [2.24, 2.45) is 5.73 Å². The number of rotatable bonds is 2. The van der Waals surface area contributed by atoms with Gasteiger partial charge in [-0.25, -0.2) is 0 Å². The molecule has 0 unspecified atom stereocenters. The zero-order valence-electron chi connectivity index (χ0n) is 10.3. The Morgan fingerprint density at radius 1 is 1.24 bits per heavy atom. The summed E-state index contributed by atoms with van der Waals surface area (Å²) in [5.41, 5.74) is 8.52. The number of aromatic nitrogens is 2. The van der Waals surface area contributed by atoms with Gasteiger partial charge in [-0.05, 0) is 51.9 Å². The third-order valence-electron chi connectivity index (χ3n) is 4.18. The first-order valence-corrected chi connectivity index (χ1v) is 6.51. The summed E-state index contributed by atoms with van der Waals surface area (Å²) in [5.74, 6) is 1.37. The van der Waals surface area contributed by atoms with Crippen molar-refractivity contribution in [3.8, 4) is 0 Å². The van der Waals surface area contributed by atoms with Crippen molar-refractivity contribution < 1.29 is 4.52 Å². The first kappa shape index (κ1) is 11.0. The van der Waals surface area contributed by atoms with E-state index < -0.39 is 0 Å². The van der Waals surface area contributed by atoms with Gasteiger partial charge in [-0.2, -0.15) is 4.98 Å². The molecule has 0 saturated heterocycles. The molecule has 92 valence electrons. The van der Waals surface area contributed by atoms with Gasteiger partial charge < -0.3 is 10.3 Å². The summed E-state index contributed by atoms with van der Waals surface area (Å²) in [6.45, 7) is 2.09. The molecule has 0 radical (unpaired) electrons. The quantitative estimate of drug-likeness (QED) is 0.853. The number of allylic oxidation sites excluding steroid dienone is 2. The highest BCUT2D eigenvalue weighted by molar-refractivity contribution is 5.60. The summed E-state index contributed by atoms with van der Waals surface area (Å²) >= 11 is 0. The second-order valence-corrected chi connectivity index (χ2v) is 5.37. The molecule has 0 atom stereocenters. The minimum atomic E-state index is -0.317. The highest BCUT2D eigenvalue weighted by atomic mass is 16.5. The van der Waals surface area contributed by atoms with Crippen LogP contribution in [0.5, 0.6) is 0 Å². The van der Waals surface area contributed by atoms with Gasteiger partial charge in [-0.1, -0.05) is 10.7 Å². The molecule has 2 saturated carbocycles. The summed E-state index contributed by atoms with van der Waals surface area (Å²) in [4.78, 5) is 4.49. The summed E-state index contributed by atoms with van der Waals surface area (Å²) in [5, 5.41) is 4.06. The summed E-state index contributed by atoms with van der Waals surface area (Å²) < 4.78 is 5.36. The van der Waals surface area contributed by atoms with E-state index in [1.165, 1.54) is 43.3 Å². The maximum atomic E-state index is 6.19. The number of hydrogen-bond acceptors (Lipinski definition) is 4. The summed E-state index contributed by atoms with van der Waals surface area (Å²) in [6.07, 6.45) is 8.04. The standard InChI is InChI=1S/C13H19N3O/c1-9(10-5-2-3-6-10)11-15-12(16-17-11)13(14)7-4-8-13/h2-8,14H2,1H3. The van der Waals surface area contributed by atoms with E-state index in [2.05, 4.69) is 17.1 Å². The predicted molar refractivity (Wildman–Crippen MR) is 65.1 cm³/mol. The molecule has 2 fully saturated rings. The molecule has 4 nitrogen and oxygen atoms in total. The summed E-state index contributed by atoms with van der Waals surface area (Å²) in [6, 6.07) is 0. The van der Waals surface area contributed by atoms with E-state index in [4.69, 9.17) is 10.3 Å². The number of nitrogens with two attached hydrogens (primary N) is 1. The molecule has 3 rings (SSSR count). The fraction of sp³-hybridized carbons (Fsp3) is 0.692. The molecule has 0 aliphatic heterocycles. The highest BCUT2D eigenvalue weighted by Gasteiger charge is 2.39. The van der Waals surface area contributed by atoms with Crippen LogP contribution in [-0.2, 0) is 5.54 Å². The van der Waals surface area contributed by atoms with Crippen LogP contribution in [0, 0.1) is 0 Å². The first-order valence-electron chi connectivity index (χ1n) is 6.51. The van der Waals surface area contributed by atoms with Gasteiger partial charge in [0.1, 0.15) is 0 Å². The Morgan fingerprint density at radius 2 is 1.94 bits per heavy atom. The van der Waals surface area contributed by atoms with Gasteiger partial charge in [0.2, 0.25) is 0 Å². The molecule has 0 aromatic carbocycles. The Balaban J connectivity index is 1.87. The fourth-order valence-electron chi connectivity index (χ4n) is 2.69. The minimum Gasteiger partial charge on any atom is -0.334 e. The Morgan fingerprint density at radius 3 is 2.53 bits per heavy atom. The van der Waals surface area contributed by atoms with Crippen molar-refractivity contribution in [1.82, 2.24) is 10.1 Å². The average molecular weight is 233 g/mol. The smallest absolute Gasteiger partial charge is 0.253 e. The molecule has 0 bridgehead atoms. The van der Waals surface area contributed by atoms with Crippen molar-refractivity contribution >= 4 is 5.57 Å². The third kappa shape index (κ3) is 1.80. The molecule has 4 heteroatoms. The lowest BCUT2D eigenvalue weighted by Gasteiger charge is -2.34. The van der Waals surface area contributed by atoms with Crippen LogP contribution in [0.25, 0.3) is 5.57 Å². The number of nitrogens with zero attached hydrogens (tertiary/aromatic N) is 2. The topological polar surface area (TPSA) is 64.9 Å². The van der Waals surface area contributed by atoms with Crippen LogP contribution >= 0.6 is 0 Å². The molecule has 1 aromatic rings. The van der Waals surface area contributed by atoms with Crippen LogP contribution in [0.2, 0.25) is 0 Å². The van der Waals surface area contributed by atoms with Crippen LogP contribution in [0.15, 0.2) is 10.1 Å². The van der Waals surface area contributed by atoms with E-state index >= 15 is 0 Å². The molecule has 0 spiro atoms. The lowest BCUT2D eigenvalue weighted by atomic mass is 9.77. The normalized spacial score (nSPS) is 22.6. The molecule has 0 amide bonds. The zero-order valence-corrected chi connectivity index (χ0v) is 10.3. The Hall–Kier alpha value is -1.16. The van der Waals surface area contributed by atoms with E-state index in [0.29, 0.717) is 11.7 Å².